The van der Waals surface area contributed by atoms with E-state index in [1.807, 2.05) is 18.2 Å². The first kappa shape index (κ1) is 13.9. The Morgan fingerprint density at radius 2 is 2.05 bits per heavy atom. The molecule has 2 aromatic rings. The van der Waals surface area contributed by atoms with Gasteiger partial charge in [0.15, 0.2) is 0 Å². The summed E-state index contributed by atoms with van der Waals surface area (Å²) >= 11 is 0. The van der Waals surface area contributed by atoms with Crippen LogP contribution < -0.4 is 10.1 Å². The van der Waals surface area contributed by atoms with Crippen molar-refractivity contribution < 1.29 is 9.13 Å². The van der Waals surface area contributed by atoms with Crippen molar-refractivity contribution in [2.24, 2.45) is 0 Å². The van der Waals surface area contributed by atoms with Crippen molar-refractivity contribution in [1.82, 2.24) is 0 Å². The summed E-state index contributed by atoms with van der Waals surface area (Å²) in [7, 11) is 1.59. The monoisotopic (exact) mass is 270 g/mol. The Kier molecular flexibility index (Phi) is 4.21. The highest BCUT2D eigenvalue weighted by Gasteiger charge is 2.12. The lowest BCUT2D eigenvalue weighted by molar-refractivity contribution is 0.415. The van der Waals surface area contributed by atoms with Gasteiger partial charge in [0.05, 0.1) is 13.2 Å². The molecule has 0 aliphatic carbocycles. The molecule has 4 heteroatoms. The Bertz CT molecular complexity index is 649. The summed E-state index contributed by atoms with van der Waals surface area (Å²) in [6, 6.07) is 13.6. The summed E-state index contributed by atoms with van der Waals surface area (Å²) in [4.78, 5) is 0. The molecule has 0 saturated carbocycles. The molecule has 0 amide bonds. The first-order valence-electron chi connectivity index (χ1n) is 6.20. The van der Waals surface area contributed by atoms with Crippen LogP contribution in [0.15, 0.2) is 42.5 Å². The fourth-order valence-corrected chi connectivity index (χ4v) is 1.92. The third-order valence-corrected chi connectivity index (χ3v) is 3.03. The molecular weight excluding hydrogens is 255 g/mol. The van der Waals surface area contributed by atoms with Crippen LogP contribution >= 0.6 is 0 Å². The van der Waals surface area contributed by atoms with Gasteiger partial charge in [-0.05, 0) is 36.2 Å². The number of rotatable bonds is 4. The number of nitrogens with zero attached hydrogens (tertiary/aromatic N) is 1. The van der Waals surface area contributed by atoms with E-state index >= 15 is 0 Å². The average molecular weight is 270 g/mol. The van der Waals surface area contributed by atoms with Crippen molar-refractivity contribution in [3.05, 3.63) is 59.4 Å². The number of hydrogen-bond donors (Lipinski definition) is 1. The highest BCUT2D eigenvalue weighted by atomic mass is 19.1. The minimum Gasteiger partial charge on any atom is -0.497 e. The number of benzene rings is 2. The molecule has 0 spiro atoms. The van der Waals surface area contributed by atoms with Gasteiger partial charge in [-0.25, -0.2) is 4.39 Å². The lowest BCUT2D eigenvalue weighted by atomic mass is 10.0. The minimum absolute atomic E-state index is 0.271. The third-order valence-electron chi connectivity index (χ3n) is 3.03. The Morgan fingerprint density at radius 1 is 1.25 bits per heavy atom. The van der Waals surface area contributed by atoms with E-state index in [2.05, 4.69) is 11.4 Å². The second-order valence-electron chi connectivity index (χ2n) is 4.45. The predicted octanol–water partition coefficient (Wildman–Crippen LogP) is 3.82. The van der Waals surface area contributed by atoms with Crippen LogP contribution in [0.4, 0.5) is 10.1 Å². The second kappa shape index (κ2) is 6.07. The van der Waals surface area contributed by atoms with Gasteiger partial charge in [-0.2, -0.15) is 5.26 Å². The van der Waals surface area contributed by atoms with Crippen molar-refractivity contribution in [2.75, 3.05) is 12.4 Å². The smallest absolute Gasteiger partial charge is 0.140 e. The van der Waals surface area contributed by atoms with Gasteiger partial charge in [-0.3, -0.25) is 0 Å². The van der Waals surface area contributed by atoms with Crippen molar-refractivity contribution >= 4 is 5.69 Å². The molecule has 1 atom stereocenters. The number of methoxy groups -OCH3 is 1. The van der Waals surface area contributed by atoms with Gasteiger partial charge >= 0.3 is 0 Å². The lowest BCUT2D eigenvalue weighted by Crippen LogP contribution is -2.09. The molecule has 0 aliphatic heterocycles. The highest BCUT2D eigenvalue weighted by Crippen LogP contribution is 2.23. The summed E-state index contributed by atoms with van der Waals surface area (Å²) in [5.41, 5.74) is 2.03. The van der Waals surface area contributed by atoms with Crippen LogP contribution in [0, 0.1) is 24.1 Å². The molecule has 0 aliphatic rings. The maximum absolute atomic E-state index is 13.3. The van der Waals surface area contributed by atoms with E-state index in [9.17, 15) is 9.65 Å². The van der Waals surface area contributed by atoms with Crippen LogP contribution in [0.1, 0.15) is 17.2 Å². The predicted molar refractivity (Wildman–Crippen MR) is 76.1 cm³/mol. The fourth-order valence-electron chi connectivity index (χ4n) is 1.92. The van der Waals surface area contributed by atoms with Crippen LogP contribution in [0.3, 0.4) is 0 Å². The highest BCUT2D eigenvalue weighted by molar-refractivity contribution is 5.51. The average Bonchev–Trinajstić information content (AvgIpc) is 2.48. The minimum atomic E-state index is -0.540. The van der Waals surface area contributed by atoms with E-state index in [0.717, 1.165) is 11.3 Å². The van der Waals surface area contributed by atoms with Crippen LogP contribution in [-0.2, 0) is 0 Å². The summed E-state index contributed by atoms with van der Waals surface area (Å²) < 4.78 is 18.4. The number of hydrogen-bond acceptors (Lipinski definition) is 3. The van der Waals surface area contributed by atoms with Crippen molar-refractivity contribution in [2.45, 2.75) is 13.0 Å². The van der Waals surface area contributed by atoms with Gasteiger partial charge in [0.1, 0.15) is 17.6 Å². The zero-order valence-electron chi connectivity index (χ0n) is 11.4. The zero-order valence-corrected chi connectivity index (χ0v) is 11.4. The van der Waals surface area contributed by atoms with Crippen LogP contribution in [-0.4, -0.2) is 7.11 Å². The number of aryl methyl sites for hydroxylation is 1. The third kappa shape index (κ3) is 3.07. The van der Waals surface area contributed by atoms with Gasteiger partial charge in [0.2, 0.25) is 0 Å². The van der Waals surface area contributed by atoms with E-state index in [-0.39, 0.29) is 5.82 Å². The van der Waals surface area contributed by atoms with Crippen molar-refractivity contribution in [3.8, 4) is 11.8 Å². The topological polar surface area (TPSA) is 45.0 Å². The van der Waals surface area contributed by atoms with Gasteiger partial charge in [-0.1, -0.05) is 18.2 Å². The zero-order chi connectivity index (χ0) is 14.5. The first-order chi connectivity index (χ1) is 9.63. The van der Waals surface area contributed by atoms with Crippen LogP contribution in [0.2, 0.25) is 0 Å². The molecule has 2 aromatic carbocycles. The molecule has 3 nitrogen and oxygen atoms in total. The van der Waals surface area contributed by atoms with E-state index in [1.54, 1.807) is 32.2 Å². The van der Waals surface area contributed by atoms with E-state index < -0.39 is 6.04 Å². The number of anilines is 1. The van der Waals surface area contributed by atoms with Crippen molar-refractivity contribution in [1.29, 1.82) is 5.26 Å². The molecule has 0 heterocycles. The van der Waals surface area contributed by atoms with Gasteiger partial charge in [0.25, 0.3) is 0 Å². The normalized spacial score (nSPS) is 11.5. The van der Waals surface area contributed by atoms with E-state index in [4.69, 9.17) is 4.74 Å². The molecule has 0 saturated heterocycles. The number of ether oxygens (including phenoxy) is 1. The number of nitrogens with one attached hydrogen (secondary N) is 1. The molecule has 20 heavy (non-hydrogen) atoms. The number of halogens is 1. The summed E-state index contributed by atoms with van der Waals surface area (Å²) in [6.45, 7) is 1.68. The molecule has 0 fully saturated rings. The summed E-state index contributed by atoms with van der Waals surface area (Å²) in [6.07, 6.45) is 0. The molecular formula is C16H15FN2O. The Hall–Kier alpha value is -2.54. The van der Waals surface area contributed by atoms with E-state index in [0.29, 0.717) is 11.3 Å². The maximum atomic E-state index is 13.3. The molecule has 1 N–H and O–H groups in total. The van der Waals surface area contributed by atoms with Gasteiger partial charge < -0.3 is 10.1 Å². The Balaban J connectivity index is 2.24. The number of nitriles is 1. The molecule has 1 unspecified atom stereocenters. The standard InChI is InChI=1S/C16H15FN2O/c1-11-8-12(6-7-15(11)17)16(10-18)19-13-4-3-5-14(9-13)20-2/h3-9,16,19H,1-2H3. The van der Waals surface area contributed by atoms with Gasteiger partial charge in [0, 0.05) is 11.8 Å². The molecule has 0 aromatic heterocycles. The van der Waals surface area contributed by atoms with Crippen LogP contribution in [0.25, 0.3) is 0 Å². The lowest BCUT2D eigenvalue weighted by Gasteiger charge is -2.14. The van der Waals surface area contributed by atoms with E-state index in [1.165, 1.54) is 6.07 Å². The maximum Gasteiger partial charge on any atom is 0.140 e. The SMILES string of the molecule is COc1cccc(NC(C#N)c2ccc(F)c(C)c2)c1. The molecule has 0 radical (unpaired) electrons. The molecule has 0 bridgehead atoms. The Labute approximate surface area is 117 Å². The Morgan fingerprint density at radius 3 is 2.70 bits per heavy atom. The molecule has 2 rings (SSSR count). The summed E-state index contributed by atoms with van der Waals surface area (Å²) in [5, 5.41) is 12.4. The summed E-state index contributed by atoms with van der Waals surface area (Å²) in [5.74, 6) is 0.439. The molecule has 102 valence electrons. The quantitative estimate of drug-likeness (QED) is 0.918. The van der Waals surface area contributed by atoms with Crippen molar-refractivity contribution in [3.63, 3.8) is 0 Å². The fraction of sp³-hybridized carbons (Fsp3) is 0.188. The first-order valence-corrected chi connectivity index (χ1v) is 6.20. The van der Waals surface area contributed by atoms with Crippen LogP contribution in [0.5, 0.6) is 5.75 Å². The van der Waals surface area contributed by atoms with Gasteiger partial charge in [-0.15, -0.1) is 0 Å². The largest absolute Gasteiger partial charge is 0.497 e. The second-order valence-corrected chi connectivity index (χ2v) is 4.45.